The lowest BCUT2D eigenvalue weighted by molar-refractivity contribution is 0.149. The normalized spacial score (nSPS) is 13.2. The molecule has 0 aromatic heterocycles. The number of hydrogen-bond acceptors (Lipinski definition) is 3. The van der Waals surface area contributed by atoms with Crippen molar-refractivity contribution < 1.29 is 13.6 Å². The lowest BCUT2D eigenvalue weighted by Crippen LogP contribution is -2.06. The van der Waals surface area contributed by atoms with Gasteiger partial charge in [0.2, 0.25) is 0 Å². The van der Waals surface area contributed by atoms with Crippen LogP contribution in [0.3, 0.4) is 0 Å². The zero-order chi connectivity index (χ0) is 15.2. The molecule has 0 aliphatic carbocycles. The molecule has 0 fully saturated rings. The third-order valence-corrected chi connectivity index (χ3v) is 4.61. The van der Waals surface area contributed by atoms with Gasteiger partial charge in [-0.25, -0.2) is 0 Å². The fourth-order valence-electron chi connectivity index (χ4n) is 1.89. The highest BCUT2D eigenvalue weighted by atomic mass is 31.2. The zero-order valence-electron chi connectivity index (χ0n) is 13.0. The predicted octanol–water partition coefficient (Wildman–Crippen LogP) is 5.48. The summed E-state index contributed by atoms with van der Waals surface area (Å²) in [5.41, 5.74) is 2.03. The minimum Gasteiger partial charge on any atom is -0.303 e. The summed E-state index contributed by atoms with van der Waals surface area (Å²) >= 11 is 0. The van der Waals surface area contributed by atoms with E-state index in [2.05, 4.69) is 0 Å². The second kappa shape index (κ2) is 7.78. The van der Waals surface area contributed by atoms with Gasteiger partial charge in [0, 0.05) is 5.82 Å². The second-order valence-corrected chi connectivity index (χ2v) is 6.98. The Kier molecular flexibility index (Phi) is 6.67. The molecule has 20 heavy (non-hydrogen) atoms. The molecule has 0 aliphatic heterocycles. The van der Waals surface area contributed by atoms with Crippen LogP contribution in [0.2, 0.25) is 0 Å². The van der Waals surface area contributed by atoms with E-state index in [0.29, 0.717) is 0 Å². The van der Waals surface area contributed by atoms with Crippen molar-refractivity contribution in [2.45, 2.75) is 53.2 Å². The molecule has 0 unspecified atom stereocenters. The molecular weight excluding hydrogens is 271 g/mol. The summed E-state index contributed by atoms with van der Waals surface area (Å²) < 4.78 is 24.0. The highest BCUT2D eigenvalue weighted by Gasteiger charge is 2.25. The van der Waals surface area contributed by atoms with Gasteiger partial charge < -0.3 is 9.05 Å². The van der Waals surface area contributed by atoms with E-state index in [0.717, 1.165) is 17.6 Å². The predicted molar refractivity (Wildman–Crippen MR) is 84.8 cm³/mol. The summed E-state index contributed by atoms with van der Waals surface area (Å²) in [6.45, 7) is 9.47. The van der Waals surface area contributed by atoms with Gasteiger partial charge in [-0.3, -0.25) is 4.57 Å². The van der Waals surface area contributed by atoms with Crippen LogP contribution in [0.4, 0.5) is 0 Å². The molecule has 4 heteroatoms. The summed E-state index contributed by atoms with van der Waals surface area (Å²) in [6.07, 6.45) is 0.478. The minimum absolute atomic E-state index is 0.148. The lowest BCUT2D eigenvalue weighted by Gasteiger charge is -2.21. The Hall–Kier alpha value is -0.890. The third kappa shape index (κ3) is 5.62. The van der Waals surface area contributed by atoms with Crippen molar-refractivity contribution in [3.8, 4) is 0 Å². The number of rotatable bonds is 7. The van der Waals surface area contributed by atoms with E-state index in [1.807, 2.05) is 65.0 Å². The quantitative estimate of drug-likeness (QED) is 0.625. The highest BCUT2D eigenvalue weighted by Crippen LogP contribution is 2.54. The van der Waals surface area contributed by atoms with Crippen LogP contribution in [0, 0.1) is 0 Å². The van der Waals surface area contributed by atoms with Gasteiger partial charge in [0.25, 0.3) is 0 Å². The third-order valence-electron chi connectivity index (χ3n) is 2.55. The Morgan fingerprint density at radius 2 is 1.60 bits per heavy atom. The van der Waals surface area contributed by atoms with Gasteiger partial charge >= 0.3 is 7.60 Å². The Balaban J connectivity index is 3.12. The Bertz CT molecular complexity index is 464. The largest absolute Gasteiger partial charge is 0.354 e. The average Bonchev–Trinajstić information content (AvgIpc) is 2.35. The van der Waals surface area contributed by atoms with E-state index in [4.69, 9.17) is 9.05 Å². The SMILES string of the molecule is CC/C(=C/P(=O)(OC(C)C)OC(C)C)c1ccccc1. The molecule has 0 amide bonds. The molecule has 3 nitrogen and oxygen atoms in total. The van der Waals surface area contributed by atoms with E-state index in [9.17, 15) is 4.57 Å². The molecule has 0 radical (unpaired) electrons. The molecule has 1 rings (SSSR count). The molecule has 0 atom stereocenters. The maximum atomic E-state index is 12.9. The van der Waals surface area contributed by atoms with E-state index >= 15 is 0 Å². The van der Waals surface area contributed by atoms with Crippen molar-refractivity contribution in [3.05, 3.63) is 41.7 Å². The summed E-state index contributed by atoms with van der Waals surface area (Å²) in [7, 11) is -3.23. The molecular formula is C16H25O3P. The van der Waals surface area contributed by atoms with Crippen LogP contribution in [-0.4, -0.2) is 12.2 Å². The summed E-state index contributed by atoms with van der Waals surface area (Å²) in [6, 6.07) is 9.91. The van der Waals surface area contributed by atoms with E-state index in [1.165, 1.54) is 0 Å². The van der Waals surface area contributed by atoms with Gasteiger partial charge in [-0.15, -0.1) is 0 Å². The highest BCUT2D eigenvalue weighted by molar-refractivity contribution is 7.57. The lowest BCUT2D eigenvalue weighted by atomic mass is 10.1. The van der Waals surface area contributed by atoms with Crippen molar-refractivity contribution in [1.29, 1.82) is 0 Å². The van der Waals surface area contributed by atoms with Crippen molar-refractivity contribution in [2.75, 3.05) is 0 Å². The van der Waals surface area contributed by atoms with Crippen LogP contribution in [0.25, 0.3) is 5.57 Å². The summed E-state index contributed by atoms with van der Waals surface area (Å²) in [5.74, 6) is 1.67. The van der Waals surface area contributed by atoms with Crippen LogP contribution >= 0.6 is 7.60 Å². The summed E-state index contributed by atoms with van der Waals surface area (Å²) in [4.78, 5) is 0. The standard InChI is InChI=1S/C16H25O3P/c1-6-15(16-10-8-7-9-11-16)12-20(17,18-13(2)3)19-14(4)5/h7-14H,6H2,1-5H3/b15-12-. The van der Waals surface area contributed by atoms with Gasteiger partial charge in [-0.1, -0.05) is 37.3 Å². The molecule has 1 aromatic carbocycles. The molecule has 0 heterocycles. The van der Waals surface area contributed by atoms with E-state index < -0.39 is 7.60 Å². The van der Waals surface area contributed by atoms with Crippen molar-refractivity contribution >= 4 is 13.2 Å². The maximum Gasteiger partial charge on any atom is 0.354 e. The number of hydrogen-bond donors (Lipinski definition) is 0. The van der Waals surface area contributed by atoms with Crippen LogP contribution in [0.5, 0.6) is 0 Å². The molecule has 0 bridgehead atoms. The first-order valence-electron chi connectivity index (χ1n) is 7.10. The van der Waals surface area contributed by atoms with Crippen LogP contribution in [-0.2, 0) is 13.6 Å². The minimum atomic E-state index is -3.23. The molecule has 0 N–H and O–H groups in total. The second-order valence-electron chi connectivity index (χ2n) is 5.22. The van der Waals surface area contributed by atoms with Gasteiger partial charge in [0.1, 0.15) is 0 Å². The maximum absolute atomic E-state index is 12.9. The first-order valence-corrected chi connectivity index (χ1v) is 8.71. The average molecular weight is 296 g/mol. The Morgan fingerprint density at radius 1 is 1.10 bits per heavy atom. The number of benzene rings is 1. The van der Waals surface area contributed by atoms with Crippen molar-refractivity contribution in [3.63, 3.8) is 0 Å². The molecule has 0 saturated heterocycles. The molecule has 0 spiro atoms. The van der Waals surface area contributed by atoms with Gasteiger partial charge in [-0.05, 0) is 45.3 Å². The first kappa shape index (κ1) is 17.2. The van der Waals surface area contributed by atoms with Gasteiger partial charge in [0.15, 0.2) is 0 Å². The van der Waals surface area contributed by atoms with Crippen molar-refractivity contribution in [1.82, 2.24) is 0 Å². The molecule has 1 aromatic rings. The molecule has 0 aliphatic rings. The Labute approximate surface area is 122 Å². The van der Waals surface area contributed by atoms with E-state index in [1.54, 1.807) is 5.82 Å². The first-order chi connectivity index (χ1) is 9.36. The smallest absolute Gasteiger partial charge is 0.303 e. The van der Waals surface area contributed by atoms with Gasteiger partial charge in [-0.2, -0.15) is 0 Å². The Morgan fingerprint density at radius 3 is 2.00 bits per heavy atom. The van der Waals surface area contributed by atoms with E-state index in [-0.39, 0.29) is 12.2 Å². The van der Waals surface area contributed by atoms with Gasteiger partial charge in [0.05, 0.1) is 12.2 Å². The molecule has 0 saturated carbocycles. The zero-order valence-corrected chi connectivity index (χ0v) is 13.9. The summed E-state index contributed by atoms with van der Waals surface area (Å²) in [5, 5.41) is 0. The fraction of sp³-hybridized carbons (Fsp3) is 0.500. The van der Waals surface area contributed by atoms with Crippen LogP contribution < -0.4 is 0 Å². The monoisotopic (exact) mass is 296 g/mol. The fourth-order valence-corrected chi connectivity index (χ4v) is 3.95. The van der Waals surface area contributed by atoms with Crippen LogP contribution in [0.15, 0.2) is 36.1 Å². The topological polar surface area (TPSA) is 35.5 Å². The molecule has 112 valence electrons. The number of allylic oxidation sites excluding steroid dienone is 1. The van der Waals surface area contributed by atoms with Crippen LogP contribution in [0.1, 0.15) is 46.6 Å². The van der Waals surface area contributed by atoms with Crippen molar-refractivity contribution in [2.24, 2.45) is 0 Å².